The van der Waals surface area contributed by atoms with Gasteiger partial charge in [-0.3, -0.25) is 0 Å². The number of rotatable bonds is 1. The van der Waals surface area contributed by atoms with E-state index in [4.69, 9.17) is 4.42 Å². The van der Waals surface area contributed by atoms with Crippen molar-refractivity contribution in [1.29, 1.82) is 0 Å². The Morgan fingerprint density at radius 1 is 0.485 bits per heavy atom. The molecule has 0 unspecified atom stereocenters. The molecule has 3 heteroatoms. The third-order valence-electron chi connectivity index (χ3n) is 6.90. The van der Waals surface area contributed by atoms with Gasteiger partial charge in [-0.1, -0.05) is 60.7 Å². The van der Waals surface area contributed by atoms with Gasteiger partial charge in [0.2, 0.25) is 0 Å². The SMILES string of the molecule is c1ccc2c(c1)N(c1ccc3oc4ccccc4c3c1)c1cccc3c4ccccc4n-2c13. The van der Waals surface area contributed by atoms with Gasteiger partial charge in [-0.15, -0.1) is 0 Å². The Morgan fingerprint density at radius 3 is 2.12 bits per heavy atom. The van der Waals surface area contributed by atoms with Gasteiger partial charge in [0, 0.05) is 27.2 Å². The van der Waals surface area contributed by atoms with Crippen molar-refractivity contribution in [1.82, 2.24) is 4.57 Å². The lowest BCUT2D eigenvalue weighted by atomic mass is 10.1. The van der Waals surface area contributed by atoms with Crippen molar-refractivity contribution in [2.45, 2.75) is 0 Å². The lowest BCUT2D eigenvalue weighted by molar-refractivity contribution is 0.669. The lowest BCUT2D eigenvalue weighted by Crippen LogP contribution is -2.17. The Hall–Kier alpha value is -4.50. The van der Waals surface area contributed by atoms with Crippen LogP contribution in [0.1, 0.15) is 0 Å². The molecule has 7 aromatic rings. The van der Waals surface area contributed by atoms with E-state index in [1.807, 2.05) is 12.1 Å². The van der Waals surface area contributed by atoms with Gasteiger partial charge in [0.05, 0.1) is 28.1 Å². The Bertz CT molecular complexity index is 1890. The van der Waals surface area contributed by atoms with E-state index < -0.39 is 0 Å². The average Bonchev–Trinajstić information content (AvgIpc) is 3.41. The number of aromatic nitrogens is 1. The minimum atomic E-state index is 0.914. The second-order valence-corrected chi connectivity index (χ2v) is 8.63. The van der Waals surface area contributed by atoms with Crippen LogP contribution in [0.4, 0.5) is 17.1 Å². The molecule has 0 radical (unpaired) electrons. The fourth-order valence-corrected chi connectivity index (χ4v) is 5.53. The highest BCUT2D eigenvalue weighted by atomic mass is 16.3. The van der Waals surface area contributed by atoms with E-state index in [1.165, 1.54) is 38.9 Å². The second-order valence-electron chi connectivity index (χ2n) is 8.63. The van der Waals surface area contributed by atoms with E-state index in [1.54, 1.807) is 0 Å². The van der Waals surface area contributed by atoms with Crippen LogP contribution in [0, 0.1) is 0 Å². The third kappa shape index (κ3) is 2.14. The molecule has 0 saturated carbocycles. The fourth-order valence-electron chi connectivity index (χ4n) is 5.53. The molecule has 0 amide bonds. The number of hydrogen-bond donors (Lipinski definition) is 0. The molecule has 0 aliphatic carbocycles. The molecule has 0 N–H and O–H groups in total. The summed E-state index contributed by atoms with van der Waals surface area (Å²) in [6.45, 7) is 0. The first-order valence-electron chi connectivity index (χ1n) is 11.2. The fraction of sp³-hybridized carbons (Fsp3) is 0. The van der Waals surface area contributed by atoms with Gasteiger partial charge in [0.25, 0.3) is 0 Å². The Kier molecular flexibility index (Phi) is 3.14. The maximum Gasteiger partial charge on any atom is 0.135 e. The largest absolute Gasteiger partial charge is 0.456 e. The number of anilines is 3. The van der Waals surface area contributed by atoms with Crippen molar-refractivity contribution in [3.05, 3.63) is 109 Å². The first-order chi connectivity index (χ1) is 16.4. The first kappa shape index (κ1) is 17.1. The van der Waals surface area contributed by atoms with Gasteiger partial charge in [0.1, 0.15) is 11.2 Å². The summed E-state index contributed by atoms with van der Waals surface area (Å²) in [6, 6.07) is 38.8. The number of nitrogens with zero attached hydrogens (tertiary/aromatic N) is 2. The molecule has 0 fully saturated rings. The number of hydrogen-bond acceptors (Lipinski definition) is 2. The number of para-hydroxylation sites is 5. The van der Waals surface area contributed by atoms with Crippen LogP contribution in [0.2, 0.25) is 0 Å². The zero-order valence-electron chi connectivity index (χ0n) is 17.7. The summed E-state index contributed by atoms with van der Waals surface area (Å²) in [5.74, 6) is 0. The summed E-state index contributed by atoms with van der Waals surface area (Å²) in [5.41, 5.74) is 9.01. The van der Waals surface area contributed by atoms with Crippen LogP contribution in [-0.2, 0) is 0 Å². The molecule has 0 atom stereocenters. The monoisotopic (exact) mass is 422 g/mol. The molecular weight excluding hydrogens is 404 g/mol. The van der Waals surface area contributed by atoms with E-state index in [9.17, 15) is 0 Å². The highest BCUT2D eigenvalue weighted by Crippen LogP contribution is 2.49. The normalized spacial score (nSPS) is 12.8. The highest BCUT2D eigenvalue weighted by Gasteiger charge is 2.28. The zero-order chi connectivity index (χ0) is 21.5. The Labute approximate surface area is 189 Å². The molecule has 8 rings (SSSR count). The topological polar surface area (TPSA) is 21.3 Å². The van der Waals surface area contributed by atoms with E-state index in [2.05, 4.69) is 107 Å². The smallest absolute Gasteiger partial charge is 0.135 e. The zero-order valence-corrected chi connectivity index (χ0v) is 17.7. The molecule has 3 heterocycles. The molecule has 0 saturated heterocycles. The Balaban J connectivity index is 1.50. The maximum absolute atomic E-state index is 6.10. The van der Waals surface area contributed by atoms with Gasteiger partial charge in [-0.25, -0.2) is 0 Å². The number of fused-ring (bicyclic) bond motifs is 8. The maximum atomic E-state index is 6.10. The van der Waals surface area contributed by atoms with Crippen LogP contribution >= 0.6 is 0 Å². The Morgan fingerprint density at radius 2 is 1.18 bits per heavy atom. The van der Waals surface area contributed by atoms with Gasteiger partial charge in [0.15, 0.2) is 0 Å². The number of benzene rings is 5. The standard InChI is InChI=1S/C30H18N2O/c1-3-11-24-20(8-1)22-10-7-14-27-30(22)32(24)26-13-5-4-12-25(26)31(27)19-16-17-29-23(18-19)21-9-2-6-15-28(21)33-29/h1-18H. The van der Waals surface area contributed by atoms with Crippen molar-refractivity contribution in [2.75, 3.05) is 4.90 Å². The predicted octanol–water partition coefficient (Wildman–Crippen LogP) is 8.47. The van der Waals surface area contributed by atoms with Crippen LogP contribution in [0.5, 0.6) is 0 Å². The van der Waals surface area contributed by atoms with Crippen LogP contribution in [0.15, 0.2) is 114 Å². The van der Waals surface area contributed by atoms with Crippen LogP contribution in [0.25, 0.3) is 49.4 Å². The van der Waals surface area contributed by atoms with Crippen molar-refractivity contribution in [3.8, 4) is 5.69 Å². The van der Waals surface area contributed by atoms with Crippen molar-refractivity contribution >= 4 is 60.8 Å². The minimum absolute atomic E-state index is 0.914. The highest BCUT2D eigenvalue weighted by molar-refractivity contribution is 6.17. The van der Waals surface area contributed by atoms with Gasteiger partial charge < -0.3 is 13.9 Å². The molecule has 5 aromatic carbocycles. The molecule has 3 nitrogen and oxygen atoms in total. The molecule has 154 valence electrons. The molecule has 1 aliphatic heterocycles. The summed E-state index contributed by atoms with van der Waals surface area (Å²) in [6.07, 6.45) is 0. The second kappa shape index (κ2) is 6.05. The lowest BCUT2D eigenvalue weighted by Gasteiger charge is -2.33. The van der Waals surface area contributed by atoms with E-state index in [0.29, 0.717) is 0 Å². The molecule has 33 heavy (non-hydrogen) atoms. The first-order valence-corrected chi connectivity index (χ1v) is 11.2. The summed E-state index contributed by atoms with van der Waals surface area (Å²) in [5, 5.41) is 4.84. The van der Waals surface area contributed by atoms with Crippen molar-refractivity contribution in [2.24, 2.45) is 0 Å². The van der Waals surface area contributed by atoms with Gasteiger partial charge >= 0.3 is 0 Å². The quantitative estimate of drug-likeness (QED) is 0.264. The van der Waals surface area contributed by atoms with E-state index >= 15 is 0 Å². The molecule has 0 spiro atoms. The van der Waals surface area contributed by atoms with Crippen LogP contribution in [-0.4, -0.2) is 4.57 Å². The molecule has 0 bridgehead atoms. The van der Waals surface area contributed by atoms with Gasteiger partial charge in [-0.05, 0) is 48.5 Å². The predicted molar refractivity (Wildman–Crippen MR) is 136 cm³/mol. The van der Waals surface area contributed by atoms with Crippen LogP contribution in [0.3, 0.4) is 0 Å². The summed E-state index contributed by atoms with van der Waals surface area (Å²) in [7, 11) is 0. The van der Waals surface area contributed by atoms with Gasteiger partial charge in [-0.2, -0.15) is 0 Å². The average molecular weight is 422 g/mol. The molecule has 2 aromatic heterocycles. The minimum Gasteiger partial charge on any atom is -0.456 e. The van der Waals surface area contributed by atoms with Crippen molar-refractivity contribution < 1.29 is 4.42 Å². The number of furan rings is 1. The van der Waals surface area contributed by atoms with Crippen molar-refractivity contribution in [3.63, 3.8) is 0 Å². The summed E-state index contributed by atoms with van der Waals surface area (Å²) < 4.78 is 8.51. The van der Waals surface area contributed by atoms with Crippen LogP contribution < -0.4 is 4.90 Å². The summed E-state index contributed by atoms with van der Waals surface area (Å²) in [4.78, 5) is 2.39. The van der Waals surface area contributed by atoms with E-state index in [0.717, 1.165) is 27.6 Å². The van der Waals surface area contributed by atoms with E-state index in [-0.39, 0.29) is 0 Å². The molecule has 1 aliphatic rings. The third-order valence-corrected chi connectivity index (χ3v) is 6.90. The molecular formula is C30H18N2O. The summed E-state index contributed by atoms with van der Waals surface area (Å²) >= 11 is 0.